The van der Waals surface area contributed by atoms with Crippen LogP contribution in [0.15, 0.2) is 40.9 Å². The molecule has 2 rings (SSSR count). The van der Waals surface area contributed by atoms with Gasteiger partial charge < -0.3 is 5.32 Å². The van der Waals surface area contributed by atoms with Gasteiger partial charge in [-0.3, -0.25) is 0 Å². The van der Waals surface area contributed by atoms with Crippen molar-refractivity contribution in [2.75, 3.05) is 13.6 Å². The first kappa shape index (κ1) is 15.1. The lowest BCUT2D eigenvalue weighted by molar-refractivity contribution is 0.577. The van der Waals surface area contributed by atoms with Crippen molar-refractivity contribution in [3.05, 3.63) is 46.3 Å². The molecule has 2 aromatic heterocycles. The Morgan fingerprint density at radius 3 is 2.75 bits per heavy atom. The van der Waals surface area contributed by atoms with Gasteiger partial charge in [0, 0.05) is 24.2 Å². The van der Waals surface area contributed by atoms with E-state index in [0.29, 0.717) is 19.5 Å². The third kappa shape index (κ3) is 4.11. The molecule has 0 amide bonds. The van der Waals surface area contributed by atoms with E-state index < -0.39 is 10.0 Å². The lowest BCUT2D eigenvalue weighted by atomic mass is 10.3. The quantitative estimate of drug-likeness (QED) is 0.810. The van der Waals surface area contributed by atoms with Crippen molar-refractivity contribution >= 4 is 21.4 Å². The van der Waals surface area contributed by atoms with E-state index in [1.54, 1.807) is 23.6 Å². The first-order valence-electron chi connectivity index (χ1n) is 6.23. The molecule has 0 bridgehead atoms. The van der Waals surface area contributed by atoms with Crippen LogP contribution in [0, 0.1) is 0 Å². The second-order valence-corrected chi connectivity index (χ2v) is 7.01. The van der Waals surface area contributed by atoms with Gasteiger partial charge in [0.2, 0.25) is 0 Å². The molecular weight excluding hydrogens is 294 g/mol. The van der Waals surface area contributed by atoms with Crippen LogP contribution in [0.5, 0.6) is 0 Å². The largest absolute Gasteiger partial charge is 0.316 e. The number of nitrogens with one attached hydrogen (secondary N) is 2. The summed E-state index contributed by atoms with van der Waals surface area (Å²) in [4.78, 5) is 5.15. The van der Waals surface area contributed by atoms with Crippen molar-refractivity contribution < 1.29 is 8.42 Å². The lowest BCUT2D eigenvalue weighted by Crippen LogP contribution is -2.26. The molecule has 0 saturated heterocycles. The Hall–Kier alpha value is -1.28. The first-order chi connectivity index (χ1) is 9.62. The summed E-state index contributed by atoms with van der Waals surface area (Å²) in [5.74, 6) is 0. The van der Waals surface area contributed by atoms with E-state index in [2.05, 4.69) is 15.0 Å². The van der Waals surface area contributed by atoms with Gasteiger partial charge in [-0.2, -0.15) is 0 Å². The zero-order valence-electron chi connectivity index (χ0n) is 11.2. The van der Waals surface area contributed by atoms with Crippen LogP contribution < -0.4 is 10.0 Å². The number of sulfonamides is 1. The fraction of sp³-hybridized carbons (Fsp3) is 0.308. The maximum Gasteiger partial charge on any atom is 0.258 e. The molecule has 5 nitrogen and oxygen atoms in total. The predicted molar refractivity (Wildman–Crippen MR) is 80.2 cm³/mol. The van der Waals surface area contributed by atoms with Gasteiger partial charge in [0.15, 0.2) is 5.03 Å². The van der Waals surface area contributed by atoms with E-state index >= 15 is 0 Å². The molecule has 0 aliphatic rings. The summed E-state index contributed by atoms with van der Waals surface area (Å²) < 4.78 is 26.7. The minimum absolute atomic E-state index is 0.0588. The van der Waals surface area contributed by atoms with Gasteiger partial charge in [0.1, 0.15) is 0 Å². The Balaban J connectivity index is 1.95. The molecular formula is C13H17N3O2S2. The van der Waals surface area contributed by atoms with Gasteiger partial charge in [-0.15, -0.1) is 11.3 Å². The smallest absolute Gasteiger partial charge is 0.258 e. The van der Waals surface area contributed by atoms with E-state index in [0.717, 1.165) is 10.4 Å². The summed E-state index contributed by atoms with van der Waals surface area (Å²) in [5.41, 5.74) is 0.949. The minimum atomic E-state index is -3.52. The molecule has 2 heterocycles. The molecule has 0 saturated carbocycles. The number of hydrogen-bond acceptors (Lipinski definition) is 5. The van der Waals surface area contributed by atoms with Crippen LogP contribution in [-0.2, 0) is 23.0 Å². The molecule has 0 aromatic carbocycles. The third-order valence-corrected chi connectivity index (χ3v) is 5.01. The number of aromatic nitrogens is 1. The maximum atomic E-state index is 12.0. The van der Waals surface area contributed by atoms with Gasteiger partial charge >= 0.3 is 0 Å². The van der Waals surface area contributed by atoms with Crippen molar-refractivity contribution in [1.82, 2.24) is 15.0 Å². The fourth-order valence-electron chi connectivity index (χ4n) is 1.72. The van der Waals surface area contributed by atoms with Gasteiger partial charge in [-0.1, -0.05) is 12.1 Å². The number of hydrogen-bond donors (Lipinski definition) is 2. The normalized spacial score (nSPS) is 11.7. The van der Waals surface area contributed by atoms with E-state index in [9.17, 15) is 8.42 Å². The number of thiophene rings is 1. The van der Waals surface area contributed by atoms with Crippen molar-refractivity contribution in [2.24, 2.45) is 0 Å². The molecule has 20 heavy (non-hydrogen) atoms. The van der Waals surface area contributed by atoms with Crippen LogP contribution in [0.3, 0.4) is 0 Å². The van der Waals surface area contributed by atoms with Crippen LogP contribution in [0.2, 0.25) is 0 Å². The Morgan fingerprint density at radius 2 is 2.15 bits per heavy atom. The summed E-state index contributed by atoms with van der Waals surface area (Å²) in [7, 11) is -1.69. The Bertz CT molecular complexity index is 622. The third-order valence-electron chi connectivity index (χ3n) is 2.70. The highest BCUT2D eigenvalue weighted by molar-refractivity contribution is 7.89. The van der Waals surface area contributed by atoms with Crippen molar-refractivity contribution in [1.29, 1.82) is 0 Å². The zero-order chi connectivity index (χ0) is 14.4. The van der Waals surface area contributed by atoms with Gasteiger partial charge in [-0.05, 0) is 36.5 Å². The standard InChI is InChI=1S/C13H17N3O2S2/c1-14-9-11-4-5-13(15-10-11)20(17,18)16-7-6-12-3-2-8-19-12/h2-5,8,10,14,16H,6-7,9H2,1H3. The Kier molecular flexibility index (Phi) is 5.24. The molecule has 0 fully saturated rings. The lowest BCUT2D eigenvalue weighted by Gasteiger charge is -2.06. The molecule has 108 valence electrons. The maximum absolute atomic E-state index is 12.0. The molecule has 2 N–H and O–H groups in total. The van der Waals surface area contributed by atoms with Crippen LogP contribution in [0.1, 0.15) is 10.4 Å². The summed E-state index contributed by atoms with van der Waals surface area (Å²) in [6.45, 7) is 1.04. The molecule has 7 heteroatoms. The van der Waals surface area contributed by atoms with Crippen molar-refractivity contribution in [3.8, 4) is 0 Å². The zero-order valence-corrected chi connectivity index (χ0v) is 12.8. The number of rotatable bonds is 7. The summed E-state index contributed by atoms with van der Waals surface area (Å²) in [5, 5.41) is 5.03. The van der Waals surface area contributed by atoms with Crippen LogP contribution in [-0.4, -0.2) is 27.0 Å². The summed E-state index contributed by atoms with van der Waals surface area (Å²) in [6, 6.07) is 7.23. The van der Waals surface area contributed by atoms with E-state index in [-0.39, 0.29) is 5.03 Å². The van der Waals surface area contributed by atoms with E-state index in [4.69, 9.17) is 0 Å². The highest BCUT2D eigenvalue weighted by atomic mass is 32.2. The highest BCUT2D eigenvalue weighted by Crippen LogP contribution is 2.10. The van der Waals surface area contributed by atoms with Crippen molar-refractivity contribution in [2.45, 2.75) is 18.0 Å². The Labute approximate surface area is 123 Å². The van der Waals surface area contributed by atoms with Crippen LogP contribution in [0.4, 0.5) is 0 Å². The van der Waals surface area contributed by atoms with Crippen LogP contribution in [0.25, 0.3) is 0 Å². The second kappa shape index (κ2) is 6.94. The Morgan fingerprint density at radius 1 is 1.30 bits per heavy atom. The van der Waals surface area contributed by atoms with E-state index in [1.807, 2.05) is 24.6 Å². The first-order valence-corrected chi connectivity index (χ1v) is 8.59. The van der Waals surface area contributed by atoms with E-state index in [1.165, 1.54) is 6.07 Å². The molecule has 0 unspecified atom stereocenters. The molecule has 0 spiro atoms. The highest BCUT2D eigenvalue weighted by Gasteiger charge is 2.14. The molecule has 0 radical (unpaired) electrons. The SMILES string of the molecule is CNCc1ccc(S(=O)(=O)NCCc2cccs2)nc1. The minimum Gasteiger partial charge on any atom is -0.316 e. The van der Waals surface area contributed by atoms with Gasteiger partial charge in [0.05, 0.1) is 0 Å². The van der Waals surface area contributed by atoms with Crippen LogP contribution >= 0.6 is 11.3 Å². The van der Waals surface area contributed by atoms with Gasteiger partial charge in [-0.25, -0.2) is 18.1 Å². The predicted octanol–water partition coefficient (Wildman–Crippen LogP) is 1.38. The topological polar surface area (TPSA) is 71.1 Å². The fourth-order valence-corrected chi connectivity index (χ4v) is 3.38. The van der Waals surface area contributed by atoms with Crippen molar-refractivity contribution in [3.63, 3.8) is 0 Å². The monoisotopic (exact) mass is 311 g/mol. The number of nitrogens with zero attached hydrogens (tertiary/aromatic N) is 1. The molecule has 0 atom stereocenters. The average Bonchev–Trinajstić information content (AvgIpc) is 2.93. The average molecular weight is 311 g/mol. The molecule has 0 aliphatic heterocycles. The second-order valence-electron chi connectivity index (χ2n) is 4.26. The molecule has 0 aliphatic carbocycles. The summed E-state index contributed by atoms with van der Waals surface area (Å²) >= 11 is 1.62. The van der Waals surface area contributed by atoms with Gasteiger partial charge in [0.25, 0.3) is 10.0 Å². The molecule has 2 aromatic rings. The number of pyridine rings is 1. The summed E-state index contributed by atoms with van der Waals surface area (Å²) in [6.07, 6.45) is 2.26.